The Morgan fingerprint density at radius 3 is 2.11 bits per heavy atom. The maximum absolute atomic E-state index is 12.2. The fourth-order valence-electron chi connectivity index (χ4n) is 2.90. The number of nitrogens with zero attached hydrogens (tertiary/aromatic N) is 2. The molecule has 2 amide bonds. The van der Waals surface area contributed by atoms with Gasteiger partial charge in [0.15, 0.2) is 0 Å². The van der Waals surface area contributed by atoms with Crippen molar-refractivity contribution in [3.8, 4) is 0 Å². The molecule has 2 aliphatic heterocycles. The average molecular weight is 268 g/mol. The van der Waals surface area contributed by atoms with Gasteiger partial charge in [-0.1, -0.05) is 13.8 Å². The smallest absolute Gasteiger partial charge is 0.226 e. The summed E-state index contributed by atoms with van der Waals surface area (Å²) in [6.07, 6.45) is 1.49. The second kappa shape index (κ2) is 5.12. The molecule has 1 N–H and O–H groups in total. The van der Waals surface area contributed by atoms with Crippen LogP contribution in [0, 0.1) is 11.8 Å². The summed E-state index contributed by atoms with van der Waals surface area (Å²) >= 11 is 0. The van der Waals surface area contributed by atoms with E-state index in [1.807, 2.05) is 18.7 Å². The van der Waals surface area contributed by atoms with E-state index in [0.29, 0.717) is 26.2 Å². The van der Waals surface area contributed by atoms with Crippen molar-refractivity contribution in [2.45, 2.75) is 39.2 Å². The van der Waals surface area contributed by atoms with Crippen LogP contribution in [0.3, 0.4) is 0 Å². The maximum Gasteiger partial charge on any atom is 0.226 e. The molecular weight excluding hydrogens is 244 g/mol. The van der Waals surface area contributed by atoms with E-state index in [1.165, 1.54) is 0 Å². The van der Waals surface area contributed by atoms with Gasteiger partial charge in [0.2, 0.25) is 11.8 Å². The molecule has 0 aromatic heterocycles. The fourth-order valence-corrected chi connectivity index (χ4v) is 2.90. The Morgan fingerprint density at radius 1 is 1.16 bits per heavy atom. The summed E-state index contributed by atoms with van der Waals surface area (Å²) in [5, 5.41) is 9.66. The Hall–Kier alpha value is -1.10. The van der Waals surface area contributed by atoms with Crippen LogP contribution in [0.5, 0.6) is 0 Å². The van der Waals surface area contributed by atoms with Crippen molar-refractivity contribution >= 4 is 11.8 Å². The van der Waals surface area contributed by atoms with Crippen LogP contribution in [0.2, 0.25) is 0 Å². The largest absolute Gasteiger partial charge is 0.386 e. The monoisotopic (exact) mass is 268 g/mol. The van der Waals surface area contributed by atoms with Crippen LogP contribution in [-0.2, 0) is 9.59 Å². The van der Waals surface area contributed by atoms with Crippen LogP contribution in [0.25, 0.3) is 0 Å². The Kier molecular flexibility index (Phi) is 3.85. The molecule has 2 aliphatic rings. The topological polar surface area (TPSA) is 60.9 Å². The van der Waals surface area contributed by atoms with E-state index < -0.39 is 5.60 Å². The number of hydrogen-bond acceptors (Lipinski definition) is 3. The van der Waals surface area contributed by atoms with Gasteiger partial charge in [-0.05, 0) is 19.8 Å². The van der Waals surface area contributed by atoms with E-state index in [9.17, 15) is 14.7 Å². The number of hydrogen-bond donors (Lipinski definition) is 1. The van der Waals surface area contributed by atoms with Crippen LogP contribution in [-0.4, -0.2) is 58.5 Å². The zero-order valence-corrected chi connectivity index (χ0v) is 12.1. The second-order valence-electron chi connectivity index (χ2n) is 6.45. The lowest BCUT2D eigenvalue weighted by Crippen LogP contribution is -2.63. The van der Waals surface area contributed by atoms with E-state index in [-0.39, 0.29) is 23.7 Å². The molecule has 108 valence electrons. The van der Waals surface area contributed by atoms with Crippen LogP contribution in [0.4, 0.5) is 0 Å². The van der Waals surface area contributed by atoms with Gasteiger partial charge in [-0.25, -0.2) is 0 Å². The third kappa shape index (κ3) is 3.08. The molecule has 0 radical (unpaired) electrons. The SMILES string of the molecule is CC(C)C(=O)N1CCC(C(=O)N2CC(C)(O)C2)CC1. The first-order valence-corrected chi connectivity index (χ1v) is 7.10. The highest BCUT2D eigenvalue weighted by Gasteiger charge is 2.42. The molecular formula is C14H24N2O3. The predicted molar refractivity (Wildman–Crippen MR) is 71.3 cm³/mol. The quantitative estimate of drug-likeness (QED) is 0.792. The zero-order valence-electron chi connectivity index (χ0n) is 12.1. The first-order chi connectivity index (χ1) is 8.80. The van der Waals surface area contributed by atoms with Crippen molar-refractivity contribution in [1.29, 1.82) is 0 Å². The highest BCUT2D eigenvalue weighted by molar-refractivity contribution is 5.81. The highest BCUT2D eigenvalue weighted by atomic mass is 16.3. The van der Waals surface area contributed by atoms with E-state index in [0.717, 1.165) is 12.8 Å². The fraction of sp³-hybridized carbons (Fsp3) is 0.857. The number of rotatable bonds is 2. The lowest BCUT2D eigenvalue weighted by molar-refractivity contribution is -0.159. The highest BCUT2D eigenvalue weighted by Crippen LogP contribution is 2.26. The van der Waals surface area contributed by atoms with Crippen molar-refractivity contribution in [2.24, 2.45) is 11.8 Å². The summed E-state index contributed by atoms with van der Waals surface area (Å²) in [6.45, 7) is 7.80. The first-order valence-electron chi connectivity index (χ1n) is 7.10. The molecule has 0 aromatic rings. The minimum atomic E-state index is -0.704. The zero-order chi connectivity index (χ0) is 14.2. The molecule has 0 unspecified atom stereocenters. The summed E-state index contributed by atoms with van der Waals surface area (Å²) in [6, 6.07) is 0. The van der Waals surface area contributed by atoms with Gasteiger partial charge < -0.3 is 14.9 Å². The van der Waals surface area contributed by atoms with Crippen molar-refractivity contribution in [2.75, 3.05) is 26.2 Å². The van der Waals surface area contributed by atoms with Gasteiger partial charge in [-0.3, -0.25) is 9.59 Å². The van der Waals surface area contributed by atoms with Gasteiger partial charge in [-0.15, -0.1) is 0 Å². The molecule has 0 aliphatic carbocycles. The molecule has 0 bridgehead atoms. The van der Waals surface area contributed by atoms with Gasteiger partial charge in [0.05, 0.1) is 18.7 Å². The van der Waals surface area contributed by atoms with Crippen LogP contribution >= 0.6 is 0 Å². The molecule has 2 saturated heterocycles. The molecule has 2 rings (SSSR count). The van der Waals surface area contributed by atoms with Crippen LogP contribution in [0.15, 0.2) is 0 Å². The summed E-state index contributed by atoms with van der Waals surface area (Å²) in [5.41, 5.74) is -0.704. The second-order valence-corrected chi connectivity index (χ2v) is 6.45. The Labute approximate surface area is 114 Å². The third-order valence-electron chi connectivity index (χ3n) is 4.02. The average Bonchev–Trinajstić information content (AvgIpc) is 2.34. The number of β-amino-alcohol motifs (C(OH)–C–C–N with tert-alkyl or cyclic N) is 1. The summed E-state index contributed by atoms with van der Waals surface area (Å²) in [5.74, 6) is 0.367. The predicted octanol–water partition coefficient (Wildman–Crippen LogP) is 0.474. The van der Waals surface area contributed by atoms with Gasteiger partial charge in [-0.2, -0.15) is 0 Å². The van der Waals surface area contributed by atoms with Crippen molar-refractivity contribution in [1.82, 2.24) is 9.80 Å². The van der Waals surface area contributed by atoms with Gasteiger partial charge in [0.25, 0.3) is 0 Å². The summed E-state index contributed by atoms with van der Waals surface area (Å²) in [7, 11) is 0. The standard InChI is InChI=1S/C14H24N2O3/c1-10(2)12(17)15-6-4-11(5-7-15)13(18)16-8-14(3,19)9-16/h10-11,19H,4-9H2,1-3H3. The minimum absolute atomic E-state index is 0.0207. The van der Waals surface area contributed by atoms with E-state index in [1.54, 1.807) is 11.8 Å². The molecule has 0 aromatic carbocycles. The lowest BCUT2D eigenvalue weighted by atomic mass is 9.90. The first kappa shape index (κ1) is 14.3. The van der Waals surface area contributed by atoms with Crippen LogP contribution < -0.4 is 0 Å². The summed E-state index contributed by atoms with van der Waals surface area (Å²) < 4.78 is 0. The molecule has 0 saturated carbocycles. The van der Waals surface area contributed by atoms with E-state index >= 15 is 0 Å². The molecule has 5 heteroatoms. The molecule has 5 nitrogen and oxygen atoms in total. The van der Waals surface area contributed by atoms with Crippen molar-refractivity contribution in [3.63, 3.8) is 0 Å². The van der Waals surface area contributed by atoms with E-state index in [2.05, 4.69) is 0 Å². The molecule has 0 atom stereocenters. The normalized spacial score (nSPS) is 23.4. The summed E-state index contributed by atoms with van der Waals surface area (Å²) in [4.78, 5) is 27.6. The number of amides is 2. The van der Waals surface area contributed by atoms with E-state index in [4.69, 9.17) is 0 Å². The maximum atomic E-state index is 12.2. The number of aliphatic hydroxyl groups is 1. The van der Waals surface area contributed by atoms with Gasteiger partial charge in [0, 0.05) is 24.9 Å². The van der Waals surface area contributed by atoms with Gasteiger partial charge in [0.1, 0.15) is 0 Å². The Bertz CT molecular complexity index is 363. The van der Waals surface area contributed by atoms with Gasteiger partial charge >= 0.3 is 0 Å². The number of piperidine rings is 1. The van der Waals surface area contributed by atoms with Crippen molar-refractivity contribution < 1.29 is 14.7 Å². The molecule has 0 spiro atoms. The Balaban J connectivity index is 1.80. The number of likely N-dealkylation sites (tertiary alicyclic amines) is 2. The lowest BCUT2D eigenvalue weighted by Gasteiger charge is -2.46. The third-order valence-corrected chi connectivity index (χ3v) is 4.02. The number of carbonyl (C=O) groups is 2. The van der Waals surface area contributed by atoms with Crippen molar-refractivity contribution in [3.05, 3.63) is 0 Å². The van der Waals surface area contributed by atoms with Crippen LogP contribution in [0.1, 0.15) is 33.6 Å². The Morgan fingerprint density at radius 2 is 1.68 bits per heavy atom. The molecule has 2 fully saturated rings. The molecule has 2 heterocycles. The minimum Gasteiger partial charge on any atom is -0.386 e. The number of carbonyl (C=O) groups excluding carboxylic acids is 2. The molecule has 19 heavy (non-hydrogen) atoms.